The first-order chi connectivity index (χ1) is 12.5. The molecule has 0 aromatic heterocycles. The van der Waals surface area contributed by atoms with Crippen molar-refractivity contribution in [1.82, 2.24) is 0 Å². The summed E-state index contributed by atoms with van der Waals surface area (Å²) in [6.07, 6.45) is -4.64. The Hall–Kier alpha value is -2.82. The number of aliphatic carboxylic acids is 1. The highest BCUT2D eigenvalue weighted by Crippen LogP contribution is 2.32. The molecule has 0 aliphatic heterocycles. The molecule has 0 aliphatic carbocycles. The summed E-state index contributed by atoms with van der Waals surface area (Å²) in [6, 6.07) is 5.55. The fourth-order valence-electron chi connectivity index (χ4n) is 2.19. The van der Waals surface area contributed by atoms with Crippen LogP contribution in [0.3, 0.4) is 0 Å². The van der Waals surface area contributed by atoms with Crippen molar-refractivity contribution in [3.8, 4) is 5.75 Å². The van der Waals surface area contributed by atoms with Crippen LogP contribution in [0.15, 0.2) is 47.4 Å². The Morgan fingerprint density at radius 2 is 1.74 bits per heavy atom. The van der Waals surface area contributed by atoms with Crippen molar-refractivity contribution in [2.75, 3.05) is 18.0 Å². The molecule has 1 N–H and O–H groups in total. The predicted octanol–water partition coefficient (Wildman–Crippen LogP) is 3.13. The number of carboxylic acid groups (broad SMARTS) is 1. The number of rotatable bonds is 6. The molecule has 0 atom stereocenters. The number of sulfonamides is 1. The van der Waals surface area contributed by atoms with Crippen LogP contribution < -0.4 is 9.04 Å². The van der Waals surface area contributed by atoms with Gasteiger partial charge in [-0.3, -0.25) is 9.10 Å². The van der Waals surface area contributed by atoms with Crippen LogP contribution in [0.25, 0.3) is 0 Å². The molecule has 27 heavy (non-hydrogen) atoms. The molecule has 0 heterocycles. The fourth-order valence-corrected chi connectivity index (χ4v) is 3.62. The Kier molecular flexibility index (Phi) is 5.64. The van der Waals surface area contributed by atoms with Crippen molar-refractivity contribution in [3.05, 3.63) is 53.8 Å². The zero-order chi connectivity index (χ0) is 20.4. The quantitative estimate of drug-likeness (QED) is 0.744. The van der Waals surface area contributed by atoms with Gasteiger partial charge in [0.25, 0.3) is 10.0 Å². The van der Waals surface area contributed by atoms with Crippen LogP contribution in [-0.4, -0.2) is 33.1 Å². The van der Waals surface area contributed by atoms with E-state index in [1.165, 1.54) is 7.11 Å². The lowest BCUT2D eigenvalue weighted by Gasteiger charge is -2.23. The summed E-state index contributed by atoms with van der Waals surface area (Å²) in [5, 5.41) is 9.00. The van der Waals surface area contributed by atoms with Crippen molar-refractivity contribution < 1.29 is 40.6 Å². The van der Waals surface area contributed by atoms with Crippen LogP contribution in [0.2, 0.25) is 0 Å². The molecule has 6 nitrogen and oxygen atoms in total. The van der Waals surface area contributed by atoms with E-state index in [1.54, 1.807) is 0 Å². The minimum Gasteiger partial charge on any atom is -0.494 e. The predicted molar refractivity (Wildman–Crippen MR) is 86.6 cm³/mol. The number of benzene rings is 2. The number of ether oxygens (including phenoxy) is 1. The van der Waals surface area contributed by atoms with E-state index in [9.17, 15) is 30.8 Å². The third-order valence-electron chi connectivity index (χ3n) is 3.47. The number of alkyl halides is 3. The molecule has 11 heteroatoms. The van der Waals surface area contributed by atoms with Crippen LogP contribution in [0, 0.1) is 5.82 Å². The third-order valence-corrected chi connectivity index (χ3v) is 5.24. The number of methoxy groups -OCH3 is 1. The topological polar surface area (TPSA) is 83.9 Å². The summed E-state index contributed by atoms with van der Waals surface area (Å²) < 4.78 is 82.4. The number of nitrogens with zero attached hydrogens (tertiary/aromatic N) is 1. The van der Waals surface area contributed by atoms with E-state index < -0.39 is 45.0 Å². The molecule has 0 radical (unpaired) electrons. The van der Waals surface area contributed by atoms with Crippen LogP contribution in [0.5, 0.6) is 5.75 Å². The lowest BCUT2D eigenvalue weighted by molar-refractivity contribution is -0.138. The normalized spacial score (nSPS) is 11.9. The minimum atomic E-state index is -4.64. The molecule has 0 amide bonds. The molecule has 146 valence electrons. The zero-order valence-electron chi connectivity index (χ0n) is 13.7. The molecule has 2 rings (SSSR count). The molecule has 0 bridgehead atoms. The van der Waals surface area contributed by atoms with Gasteiger partial charge in [0.2, 0.25) is 0 Å². The molecular weight excluding hydrogens is 394 g/mol. The SMILES string of the molecule is COc1ccc(S(=O)(=O)N(CC(=O)O)c2ccc(C(F)(F)F)cc2)cc1F. The Balaban J connectivity index is 2.52. The van der Waals surface area contributed by atoms with Crippen molar-refractivity contribution in [2.45, 2.75) is 11.1 Å². The minimum absolute atomic E-state index is 0.228. The van der Waals surface area contributed by atoms with Crippen LogP contribution in [-0.2, 0) is 21.0 Å². The van der Waals surface area contributed by atoms with Crippen LogP contribution in [0.1, 0.15) is 5.56 Å². The lowest BCUT2D eigenvalue weighted by Crippen LogP contribution is -2.35. The molecule has 0 fully saturated rings. The molecule has 0 unspecified atom stereocenters. The van der Waals surface area contributed by atoms with Gasteiger partial charge >= 0.3 is 12.1 Å². The Morgan fingerprint density at radius 1 is 1.15 bits per heavy atom. The van der Waals surface area contributed by atoms with E-state index in [0.29, 0.717) is 22.5 Å². The van der Waals surface area contributed by atoms with E-state index in [4.69, 9.17) is 5.11 Å². The maximum Gasteiger partial charge on any atom is 0.416 e. The van der Waals surface area contributed by atoms with Gasteiger partial charge in [-0.1, -0.05) is 0 Å². The summed E-state index contributed by atoms with van der Waals surface area (Å²) in [5.41, 5.74) is -1.35. The van der Waals surface area contributed by atoms with Gasteiger partial charge in [0.15, 0.2) is 11.6 Å². The number of hydrogen-bond donors (Lipinski definition) is 1. The van der Waals surface area contributed by atoms with E-state index in [-0.39, 0.29) is 11.4 Å². The monoisotopic (exact) mass is 407 g/mol. The number of anilines is 1. The highest BCUT2D eigenvalue weighted by atomic mass is 32.2. The lowest BCUT2D eigenvalue weighted by atomic mass is 10.2. The Morgan fingerprint density at radius 3 is 2.19 bits per heavy atom. The van der Waals surface area contributed by atoms with Crippen LogP contribution >= 0.6 is 0 Å². The first-order valence-corrected chi connectivity index (χ1v) is 8.66. The summed E-state index contributed by atoms with van der Waals surface area (Å²) in [7, 11) is -3.40. The van der Waals surface area contributed by atoms with Crippen molar-refractivity contribution in [1.29, 1.82) is 0 Å². The van der Waals surface area contributed by atoms with Crippen molar-refractivity contribution >= 4 is 21.7 Å². The van der Waals surface area contributed by atoms with E-state index in [1.807, 2.05) is 0 Å². The fraction of sp³-hybridized carbons (Fsp3) is 0.188. The Bertz CT molecular complexity index is 942. The molecular formula is C16H13F4NO5S. The number of halogens is 4. The van der Waals surface area contributed by atoms with Crippen molar-refractivity contribution in [2.24, 2.45) is 0 Å². The smallest absolute Gasteiger partial charge is 0.416 e. The van der Waals surface area contributed by atoms with Gasteiger partial charge in [-0.2, -0.15) is 13.2 Å². The van der Waals surface area contributed by atoms with Crippen LogP contribution in [0.4, 0.5) is 23.2 Å². The highest BCUT2D eigenvalue weighted by molar-refractivity contribution is 7.92. The zero-order valence-corrected chi connectivity index (χ0v) is 14.5. The third kappa shape index (κ3) is 4.48. The van der Waals surface area contributed by atoms with Gasteiger partial charge in [0, 0.05) is 0 Å². The average molecular weight is 407 g/mol. The van der Waals surface area contributed by atoms with E-state index >= 15 is 0 Å². The first-order valence-electron chi connectivity index (χ1n) is 7.22. The summed E-state index contributed by atoms with van der Waals surface area (Å²) in [4.78, 5) is 10.5. The van der Waals surface area contributed by atoms with Gasteiger partial charge in [0.1, 0.15) is 6.54 Å². The van der Waals surface area contributed by atoms with Gasteiger partial charge < -0.3 is 9.84 Å². The maximum absolute atomic E-state index is 13.8. The van der Waals surface area contributed by atoms with E-state index in [0.717, 1.165) is 24.3 Å². The number of carboxylic acids is 1. The van der Waals surface area contributed by atoms with Crippen molar-refractivity contribution in [3.63, 3.8) is 0 Å². The van der Waals surface area contributed by atoms with E-state index in [2.05, 4.69) is 4.74 Å². The standard InChI is InChI=1S/C16H13F4NO5S/c1-26-14-7-6-12(8-13(14)17)27(24,25)21(9-15(22)23)11-4-2-10(3-5-11)16(18,19)20/h2-8H,9H2,1H3,(H,22,23). The second-order valence-corrected chi connectivity index (χ2v) is 7.11. The molecule has 0 saturated carbocycles. The number of carbonyl (C=O) groups is 1. The Labute approximate surface area is 151 Å². The molecule has 2 aromatic carbocycles. The van der Waals surface area contributed by atoms with Gasteiger partial charge in [0.05, 0.1) is 23.3 Å². The molecule has 0 aliphatic rings. The molecule has 0 saturated heterocycles. The first kappa shape index (κ1) is 20.5. The highest BCUT2D eigenvalue weighted by Gasteiger charge is 2.32. The summed E-state index contributed by atoms with van der Waals surface area (Å²) >= 11 is 0. The van der Waals surface area contributed by atoms with Gasteiger partial charge in [-0.15, -0.1) is 0 Å². The summed E-state index contributed by atoms with van der Waals surface area (Å²) in [6.45, 7) is -1.07. The molecule has 2 aromatic rings. The second kappa shape index (κ2) is 7.43. The van der Waals surface area contributed by atoms with Gasteiger partial charge in [-0.25, -0.2) is 12.8 Å². The largest absolute Gasteiger partial charge is 0.494 e. The maximum atomic E-state index is 13.8. The van der Waals surface area contributed by atoms with Gasteiger partial charge in [-0.05, 0) is 42.5 Å². The second-order valence-electron chi connectivity index (χ2n) is 5.25. The summed E-state index contributed by atoms with van der Waals surface area (Å²) in [5.74, 6) is -2.78. The average Bonchev–Trinajstić information content (AvgIpc) is 2.58. The molecule has 0 spiro atoms. The number of hydrogen-bond acceptors (Lipinski definition) is 4.